The van der Waals surface area contributed by atoms with Crippen LogP contribution in [0.3, 0.4) is 0 Å². The van der Waals surface area contributed by atoms with Gasteiger partial charge in [0, 0.05) is 23.6 Å². The molecule has 4 aromatic rings. The van der Waals surface area contributed by atoms with Gasteiger partial charge in [0.05, 0.1) is 24.7 Å². The van der Waals surface area contributed by atoms with Gasteiger partial charge in [-0.05, 0) is 35.0 Å². The Bertz CT molecular complexity index is 1680. The average Bonchev–Trinajstić information content (AvgIpc) is 2.96. The summed E-state index contributed by atoms with van der Waals surface area (Å²) in [6, 6.07) is 7.54. The van der Waals surface area contributed by atoms with Gasteiger partial charge in [0.2, 0.25) is 5.82 Å². The van der Waals surface area contributed by atoms with Gasteiger partial charge in [-0.1, -0.05) is 24.3 Å². The van der Waals surface area contributed by atoms with Crippen LogP contribution in [-0.2, 0) is 4.79 Å². The summed E-state index contributed by atoms with van der Waals surface area (Å²) >= 11 is 0.867. The molecule has 0 unspecified atom stereocenters. The monoisotopic (exact) mass is 602 g/mol. The van der Waals surface area contributed by atoms with Crippen LogP contribution in [0.25, 0.3) is 33.4 Å². The standard InChI is InChI=1S/C28H15F9O3S/c1-10(38)41-16-9-14(39-2)13(8-15(16)40-3)11-4-6-12(7-5-11)17-18(21(30)25(34)24(33)20(17)29)19-22(31)26(35)28(37)27(36)23(19)32/h4-9H,1-3H3. The van der Waals surface area contributed by atoms with Crippen molar-refractivity contribution in [1.29, 1.82) is 0 Å². The van der Waals surface area contributed by atoms with E-state index in [-0.39, 0.29) is 16.6 Å². The molecular weight excluding hydrogens is 587 g/mol. The van der Waals surface area contributed by atoms with Crippen molar-refractivity contribution in [1.82, 2.24) is 0 Å². The first kappa shape index (κ1) is 29.8. The van der Waals surface area contributed by atoms with Crippen LogP contribution in [0.2, 0.25) is 0 Å². The molecule has 0 radical (unpaired) electrons. The molecule has 0 saturated carbocycles. The molecule has 0 atom stereocenters. The minimum atomic E-state index is -2.59. The number of benzene rings is 4. The number of hydrogen-bond acceptors (Lipinski definition) is 4. The van der Waals surface area contributed by atoms with Crippen LogP contribution < -0.4 is 9.47 Å². The smallest absolute Gasteiger partial charge is 0.200 e. The molecule has 0 N–H and O–H groups in total. The van der Waals surface area contributed by atoms with Gasteiger partial charge < -0.3 is 9.47 Å². The summed E-state index contributed by atoms with van der Waals surface area (Å²) in [5, 5.41) is -0.243. The second-order valence-electron chi connectivity index (χ2n) is 8.33. The first-order chi connectivity index (χ1) is 19.3. The van der Waals surface area contributed by atoms with Crippen molar-refractivity contribution in [3.8, 4) is 44.9 Å². The summed E-state index contributed by atoms with van der Waals surface area (Å²) in [5.74, 6) is -21.7. The van der Waals surface area contributed by atoms with Gasteiger partial charge in [-0.25, -0.2) is 39.5 Å². The Morgan fingerprint density at radius 2 is 0.976 bits per heavy atom. The summed E-state index contributed by atoms with van der Waals surface area (Å²) in [6.45, 7) is 1.34. The molecule has 0 fully saturated rings. The molecule has 0 aliphatic rings. The average molecular weight is 602 g/mol. The van der Waals surface area contributed by atoms with E-state index < -0.39 is 74.6 Å². The van der Waals surface area contributed by atoms with E-state index in [0.29, 0.717) is 16.0 Å². The third kappa shape index (κ3) is 5.09. The van der Waals surface area contributed by atoms with E-state index in [2.05, 4.69) is 0 Å². The molecular formula is C28H15F9O3S. The normalized spacial score (nSPS) is 11.1. The van der Waals surface area contributed by atoms with Crippen molar-refractivity contribution in [2.45, 2.75) is 11.8 Å². The fourth-order valence-electron chi connectivity index (χ4n) is 4.11. The van der Waals surface area contributed by atoms with Crippen LogP contribution >= 0.6 is 11.8 Å². The molecule has 4 aromatic carbocycles. The van der Waals surface area contributed by atoms with Crippen LogP contribution in [-0.4, -0.2) is 19.3 Å². The van der Waals surface area contributed by atoms with Gasteiger partial charge in [0.25, 0.3) is 0 Å². The molecule has 3 nitrogen and oxygen atoms in total. The molecule has 41 heavy (non-hydrogen) atoms. The Kier molecular flexibility index (Phi) is 8.29. The Labute approximate surface area is 230 Å². The number of hydrogen-bond donors (Lipinski definition) is 0. The number of thioether (sulfide) groups is 1. The van der Waals surface area contributed by atoms with Crippen LogP contribution in [0.15, 0.2) is 41.3 Å². The Hall–Kier alpha value is -4.13. The molecule has 0 aliphatic heterocycles. The molecule has 0 saturated heterocycles. The SMILES string of the molecule is COc1cc(-c2ccc(-c3c(F)c(F)c(F)c(F)c3-c3c(F)c(F)c(F)c(F)c3F)cc2)c(OC)cc1SC(C)=O. The maximum atomic E-state index is 15.1. The van der Waals surface area contributed by atoms with Crippen molar-refractivity contribution < 1.29 is 53.8 Å². The first-order valence-electron chi connectivity index (χ1n) is 11.3. The second kappa shape index (κ2) is 11.4. The molecule has 0 aliphatic carbocycles. The van der Waals surface area contributed by atoms with E-state index in [4.69, 9.17) is 9.47 Å². The van der Waals surface area contributed by atoms with Crippen molar-refractivity contribution in [3.05, 3.63) is 88.8 Å². The number of carbonyl (C=O) groups excluding carboxylic acids is 1. The summed E-state index contributed by atoms with van der Waals surface area (Å²) in [5.41, 5.74) is -4.82. The van der Waals surface area contributed by atoms with E-state index in [9.17, 15) is 39.9 Å². The first-order valence-corrected chi connectivity index (χ1v) is 12.1. The molecule has 0 heterocycles. The van der Waals surface area contributed by atoms with Gasteiger partial charge >= 0.3 is 0 Å². The number of halogens is 9. The lowest BCUT2D eigenvalue weighted by Crippen LogP contribution is -2.09. The quantitative estimate of drug-likeness (QED) is 0.0959. The Morgan fingerprint density at radius 3 is 1.44 bits per heavy atom. The fraction of sp³-hybridized carbons (Fsp3) is 0.107. The lowest BCUT2D eigenvalue weighted by molar-refractivity contribution is -0.109. The predicted molar refractivity (Wildman–Crippen MR) is 132 cm³/mol. The number of carbonyl (C=O) groups is 1. The maximum Gasteiger partial charge on any atom is 0.200 e. The number of methoxy groups -OCH3 is 2. The molecule has 0 spiro atoms. The van der Waals surface area contributed by atoms with E-state index in [1.165, 1.54) is 45.4 Å². The Balaban J connectivity index is 1.96. The van der Waals surface area contributed by atoms with E-state index >= 15 is 4.39 Å². The summed E-state index contributed by atoms with van der Waals surface area (Å²) < 4.78 is 140. The molecule has 214 valence electrons. The maximum absolute atomic E-state index is 15.1. The summed E-state index contributed by atoms with van der Waals surface area (Å²) in [7, 11) is 2.68. The van der Waals surface area contributed by atoms with Gasteiger partial charge in [-0.2, -0.15) is 0 Å². The van der Waals surface area contributed by atoms with Gasteiger partial charge in [0.15, 0.2) is 51.7 Å². The predicted octanol–water partition coefficient (Wildman–Crippen LogP) is 8.60. The number of rotatable bonds is 6. The minimum Gasteiger partial charge on any atom is -0.496 e. The molecule has 13 heteroatoms. The highest BCUT2D eigenvalue weighted by Crippen LogP contribution is 2.44. The van der Waals surface area contributed by atoms with Crippen molar-refractivity contribution in [2.24, 2.45) is 0 Å². The van der Waals surface area contributed by atoms with Crippen molar-refractivity contribution in [2.75, 3.05) is 14.2 Å². The minimum absolute atomic E-state index is 0.243. The van der Waals surface area contributed by atoms with Crippen molar-refractivity contribution in [3.63, 3.8) is 0 Å². The third-order valence-electron chi connectivity index (χ3n) is 5.95. The van der Waals surface area contributed by atoms with E-state index in [0.717, 1.165) is 23.9 Å². The zero-order valence-corrected chi connectivity index (χ0v) is 21.8. The van der Waals surface area contributed by atoms with Gasteiger partial charge in [0.1, 0.15) is 11.5 Å². The van der Waals surface area contributed by atoms with Crippen LogP contribution in [0.4, 0.5) is 39.5 Å². The van der Waals surface area contributed by atoms with Gasteiger partial charge in [-0.15, -0.1) is 0 Å². The van der Waals surface area contributed by atoms with Crippen LogP contribution in [0.5, 0.6) is 11.5 Å². The summed E-state index contributed by atoms with van der Waals surface area (Å²) in [6.07, 6.45) is 0. The highest BCUT2D eigenvalue weighted by atomic mass is 32.2. The highest BCUT2D eigenvalue weighted by molar-refractivity contribution is 8.13. The zero-order chi connectivity index (χ0) is 30.3. The lowest BCUT2D eigenvalue weighted by Gasteiger charge is -2.17. The highest BCUT2D eigenvalue weighted by Gasteiger charge is 2.34. The van der Waals surface area contributed by atoms with Crippen LogP contribution in [0.1, 0.15) is 6.92 Å². The third-order valence-corrected chi connectivity index (χ3v) is 6.78. The molecule has 4 rings (SSSR count). The van der Waals surface area contributed by atoms with Crippen LogP contribution in [0, 0.1) is 52.4 Å². The van der Waals surface area contributed by atoms with Gasteiger partial charge in [-0.3, -0.25) is 4.79 Å². The zero-order valence-electron chi connectivity index (χ0n) is 21.0. The lowest BCUT2D eigenvalue weighted by atomic mass is 9.91. The number of ether oxygens (including phenoxy) is 2. The molecule has 0 amide bonds. The summed E-state index contributed by atoms with van der Waals surface area (Å²) in [4.78, 5) is 12.0. The second-order valence-corrected chi connectivity index (χ2v) is 9.54. The van der Waals surface area contributed by atoms with Crippen molar-refractivity contribution >= 4 is 16.9 Å². The fourth-order valence-corrected chi connectivity index (χ4v) is 4.83. The largest absolute Gasteiger partial charge is 0.496 e. The van der Waals surface area contributed by atoms with E-state index in [1.54, 1.807) is 0 Å². The topological polar surface area (TPSA) is 35.5 Å². The Morgan fingerprint density at radius 1 is 0.561 bits per heavy atom. The molecule has 0 aromatic heterocycles. The van der Waals surface area contributed by atoms with E-state index in [1.807, 2.05) is 0 Å². The molecule has 0 bridgehead atoms.